The molecule has 98 valence electrons. The molecule has 0 aliphatic rings. The van der Waals surface area contributed by atoms with Crippen LogP contribution in [0.2, 0.25) is 0 Å². The van der Waals surface area contributed by atoms with Crippen LogP contribution in [0.15, 0.2) is 12.3 Å². The molecule has 2 N–H and O–H groups in total. The molecule has 0 fully saturated rings. The van der Waals surface area contributed by atoms with Crippen LogP contribution in [-0.2, 0) is 22.4 Å². The van der Waals surface area contributed by atoms with Crippen LogP contribution < -0.4 is 5.73 Å². The summed E-state index contributed by atoms with van der Waals surface area (Å²) in [4.78, 5) is 19.9. The van der Waals surface area contributed by atoms with Crippen molar-refractivity contribution in [1.82, 2.24) is 9.97 Å². The largest absolute Gasteiger partial charge is 0.463 e. The number of aromatic nitrogens is 2. The van der Waals surface area contributed by atoms with Gasteiger partial charge in [0.2, 0.25) is 0 Å². The molecule has 0 bridgehead atoms. The summed E-state index contributed by atoms with van der Waals surface area (Å²) in [6.45, 7) is 4.64. The molecule has 0 saturated heterocycles. The fraction of sp³-hybridized carbons (Fsp3) is 0.462. The summed E-state index contributed by atoms with van der Waals surface area (Å²) in [5.41, 5.74) is 7.22. The van der Waals surface area contributed by atoms with Gasteiger partial charge < -0.3 is 10.5 Å². The summed E-state index contributed by atoms with van der Waals surface area (Å²) in [6, 6.07) is 0. The first-order valence-corrected chi connectivity index (χ1v) is 6.10. The Bertz CT molecular complexity index is 430. The molecule has 0 unspecified atom stereocenters. The van der Waals surface area contributed by atoms with Gasteiger partial charge in [0, 0.05) is 30.7 Å². The lowest BCUT2D eigenvalue weighted by molar-refractivity contribution is -0.137. The molecule has 0 aliphatic heterocycles. The van der Waals surface area contributed by atoms with E-state index in [-0.39, 0.29) is 5.97 Å². The zero-order valence-corrected chi connectivity index (χ0v) is 10.8. The summed E-state index contributed by atoms with van der Waals surface area (Å²) in [7, 11) is 0. The van der Waals surface area contributed by atoms with Crippen molar-refractivity contribution in [2.45, 2.75) is 26.7 Å². The molecule has 0 radical (unpaired) electrons. The molecule has 5 nitrogen and oxygen atoms in total. The van der Waals surface area contributed by atoms with Crippen LogP contribution in [0, 0.1) is 0 Å². The van der Waals surface area contributed by atoms with Crippen molar-refractivity contribution >= 4 is 12.0 Å². The molecule has 1 rings (SSSR count). The van der Waals surface area contributed by atoms with Crippen LogP contribution in [-0.4, -0.2) is 29.1 Å². The molecule has 0 atom stereocenters. The number of carbonyl (C=O) groups is 1. The summed E-state index contributed by atoms with van der Waals surface area (Å²) in [6.07, 6.45) is 6.21. The molecular formula is C13H19N3O2. The third-order valence-corrected chi connectivity index (χ3v) is 2.33. The minimum atomic E-state index is -0.365. The highest BCUT2D eigenvalue weighted by Gasteiger charge is 2.04. The normalized spacial score (nSPS) is 10.8. The lowest BCUT2D eigenvalue weighted by atomic mass is 10.1. The van der Waals surface area contributed by atoms with Gasteiger partial charge in [-0.25, -0.2) is 14.8 Å². The molecule has 1 aromatic heterocycles. The second-order valence-electron chi connectivity index (χ2n) is 3.67. The van der Waals surface area contributed by atoms with Gasteiger partial charge in [-0.2, -0.15) is 0 Å². The highest BCUT2D eigenvalue weighted by atomic mass is 16.5. The Morgan fingerprint density at radius 1 is 1.50 bits per heavy atom. The number of nitrogens with zero attached hydrogens (tertiary/aromatic N) is 2. The van der Waals surface area contributed by atoms with Gasteiger partial charge in [-0.05, 0) is 19.5 Å². The molecule has 0 spiro atoms. The molecule has 0 aromatic carbocycles. The summed E-state index contributed by atoms with van der Waals surface area (Å²) >= 11 is 0. The van der Waals surface area contributed by atoms with E-state index in [0.717, 1.165) is 23.5 Å². The van der Waals surface area contributed by atoms with E-state index in [1.165, 1.54) is 6.08 Å². The van der Waals surface area contributed by atoms with E-state index < -0.39 is 0 Å². The average Bonchev–Trinajstić information content (AvgIpc) is 2.38. The molecule has 1 heterocycles. The molecule has 0 aliphatic carbocycles. The lowest BCUT2D eigenvalue weighted by Gasteiger charge is -2.05. The van der Waals surface area contributed by atoms with Gasteiger partial charge in [-0.3, -0.25) is 0 Å². The number of carbonyl (C=O) groups excluding carboxylic acids is 1. The number of ether oxygens (including phenoxy) is 1. The zero-order valence-electron chi connectivity index (χ0n) is 10.8. The Balaban J connectivity index is 2.89. The minimum absolute atomic E-state index is 0.365. The number of aryl methyl sites for hydroxylation is 1. The van der Waals surface area contributed by atoms with Gasteiger partial charge in [-0.1, -0.05) is 6.92 Å². The Kier molecular flexibility index (Phi) is 6.00. The number of nitrogens with two attached hydrogens (primary N) is 1. The van der Waals surface area contributed by atoms with Crippen LogP contribution >= 0.6 is 0 Å². The van der Waals surface area contributed by atoms with Crippen molar-refractivity contribution in [2.75, 3.05) is 13.2 Å². The number of hydrogen-bond donors (Lipinski definition) is 1. The SMILES string of the molecule is CCOC(=O)/C=C/c1cnc(CC)nc1CCN. The van der Waals surface area contributed by atoms with Crippen LogP contribution in [0.5, 0.6) is 0 Å². The van der Waals surface area contributed by atoms with E-state index in [0.29, 0.717) is 19.6 Å². The minimum Gasteiger partial charge on any atom is -0.463 e. The Labute approximate surface area is 107 Å². The standard InChI is InChI=1S/C13H19N3O2/c1-3-12-15-9-10(11(16-12)7-8-14)5-6-13(17)18-4-2/h5-6,9H,3-4,7-8,14H2,1-2H3/b6-5+. The van der Waals surface area contributed by atoms with Gasteiger partial charge in [0.1, 0.15) is 5.82 Å². The van der Waals surface area contributed by atoms with Crippen molar-refractivity contribution in [3.63, 3.8) is 0 Å². The van der Waals surface area contributed by atoms with Crippen molar-refractivity contribution in [3.8, 4) is 0 Å². The van der Waals surface area contributed by atoms with Gasteiger partial charge >= 0.3 is 5.97 Å². The first-order chi connectivity index (χ1) is 8.71. The maximum atomic E-state index is 11.2. The van der Waals surface area contributed by atoms with Crippen molar-refractivity contribution < 1.29 is 9.53 Å². The van der Waals surface area contributed by atoms with Crippen LogP contribution in [0.4, 0.5) is 0 Å². The van der Waals surface area contributed by atoms with Gasteiger partial charge in [-0.15, -0.1) is 0 Å². The van der Waals surface area contributed by atoms with E-state index in [1.807, 2.05) is 6.92 Å². The first kappa shape index (κ1) is 14.3. The Hall–Kier alpha value is -1.75. The maximum Gasteiger partial charge on any atom is 0.330 e. The number of rotatable bonds is 6. The van der Waals surface area contributed by atoms with Gasteiger partial charge in [0.05, 0.1) is 12.3 Å². The van der Waals surface area contributed by atoms with Gasteiger partial charge in [0.25, 0.3) is 0 Å². The van der Waals surface area contributed by atoms with Crippen molar-refractivity contribution in [2.24, 2.45) is 5.73 Å². The van der Waals surface area contributed by atoms with Crippen LogP contribution in [0.25, 0.3) is 6.08 Å². The summed E-state index contributed by atoms with van der Waals surface area (Å²) in [5.74, 6) is 0.419. The molecular weight excluding hydrogens is 230 g/mol. The Morgan fingerprint density at radius 3 is 2.89 bits per heavy atom. The molecule has 1 aromatic rings. The third kappa shape index (κ3) is 4.25. The lowest BCUT2D eigenvalue weighted by Crippen LogP contribution is -2.08. The molecule has 18 heavy (non-hydrogen) atoms. The average molecular weight is 249 g/mol. The summed E-state index contributed by atoms with van der Waals surface area (Å²) in [5, 5.41) is 0. The number of esters is 1. The van der Waals surface area contributed by atoms with E-state index in [1.54, 1.807) is 19.2 Å². The fourth-order valence-corrected chi connectivity index (χ4v) is 1.46. The monoisotopic (exact) mass is 249 g/mol. The van der Waals surface area contributed by atoms with E-state index in [4.69, 9.17) is 10.5 Å². The van der Waals surface area contributed by atoms with Gasteiger partial charge in [0.15, 0.2) is 0 Å². The first-order valence-electron chi connectivity index (χ1n) is 6.10. The van der Waals surface area contributed by atoms with Crippen molar-refractivity contribution in [3.05, 3.63) is 29.4 Å². The smallest absolute Gasteiger partial charge is 0.330 e. The fourth-order valence-electron chi connectivity index (χ4n) is 1.46. The van der Waals surface area contributed by atoms with Crippen molar-refractivity contribution in [1.29, 1.82) is 0 Å². The van der Waals surface area contributed by atoms with Crippen LogP contribution in [0.3, 0.4) is 0 Å². The van der Waals surface area contributed by atoms with E-state index in [2.05, 4.69) is 9.97 Å². The molecule has 0 amide bonds. The summed E-state index contributed by atoms with van der Waals surface area (Å²) < 4.78 is 4.82. The predicted molar refractivity (Wildman–Crippen MR) is 69.8 cm³/mol. The van der Waals surface area contributed by atoms with E-state index in [9.17, 15) is 4.79 Å². The molecule has 0 saturated carbocycles. The predicted octanol–water partition coefficient (Wildman–Crippen LogP) is 1.12. The second-order valence-corrected chi connectivity index (χ2v) is 3.67. The van der Waals surface area contributed by atoms with Crippen LogP contribution in [0.1, 0.15) is 30.9 Å². The Morgan fingerprint density at radius 2 is 2.28 bits per heavy atom. The topological polar surface area (TPSA) is 78.1 Å². The highest BCUT2D eigenvalue weighted by Crippen LogP contribution is 2.09. The number of hydrogen-bond acceptors (Lipinski definition) is 5. The second kappa shape index (κ2) is 7.55. The quantitative estimate of drug-likeness (QED) is 0.603. The third-order valence-electron chi connectivity index (χ3n) is 2.33. The maximum absolute atomic E-state index is 11.2. The highest BCUT2D eigenvalue weighted by molar-refractivity contribution is 5.87. The van der Waals surface area contributed by atoms with E-state index >= 15 is 0 Å². The molecule has 5 heteroatoms. The zero-order chi connectivity index (χ0) is 13.4.